The molecular formula is C20H15N3O3. The van der Waals surface area contributed by atoms with Gasteiger partial charge in [-0.15, -0.1) is 0 Å². The van der Waals surface area contributed by atoms with E-state index in [0.29, 0.717) is 35.1 Å². The van der Waals surface area contributed by atoms with Crippen LogP contribution in [-0.2, 0) is 6.42 Å². The molecule has 3 heterocycles. The van der Waals surface area contributed by atoms with E-state index in [1.165, 1.54) is 4.68 Å². The Morgan fingerprint density at radius 1 is 1.08 bits per heavy atom. The summed E-state index contributed by atoms with van der Waals surface area (Å²) in [6.07, 6.45) is 2.59. The molecule has 26 heavy (non-hydrogen) atoms. The maximum atomic E-state index is 12.7. The Morgan fingerprint density at radius 2 is 1.92 bits per heavy atom. The van der Waals surface area contributed by atoms with Crippen LogP contribution in [0.3, 0.4) is 0 Å². The molecule has 0 bridgehead atoms. The first-order valence-corrected chi connectivity index (χ1v) is 8.47. The zero-order valence-corrected chi connectivity index (χ0v) is 13.8. The van der Waals surface area contributed by atoms with E-state index < -0.39 is 0 Å². The van der Waals surface area contributed by atoms with E-state index in [1.54, 1.807) is 12.3 Å². The summed E-state index contributed by atoms with van der Waals surface area (Å²) in [5.74, 6) is 0.771. The first-order valence-electron chi connectivity index (χ1n) is 8.47. The third-order valence-electron chi connectivity index (χ3n) is 4.88. The number of para-hydroxylation sites is 1. The molecule has 1 aromatic carbocycles. The molecule has 0 spiro atoms. The number of aromatic nitrogens is 3. The lowest BCUT2D eigenvalue weighted by molar-refractivity contribution is 0.0959. The highest BCUT2D eigenvalue weighted by Gasteiger charge is 2.30. The number of H-pyrrole nitrogens is 1. The zero-order valence-electron chi connectivity index (χ0n) is 13.8. The van der Waals surface area contributed by atoms with Crippen molar-refractivity contribution in [2.75, 3.05) is 0 Å². The molecule has 0 fully saturated rings. The summed E-state index contributed by atoms with van der Waals surface area (Å²) < 4.78 is 6.92. The number of nitrogens with one attached hydrogen (secondary N) is 1. The number of hydrogen-bond acceptors (Lipinski definition) is 4. The van der Waals surface area contributed by atoms with Crippen LogP contribution in [-0.4, -0.2) is 20.5 Å². The Hall–Kier alpha value is -3.41. The van der Waals surface area contributed by atoms with E-state index in [-0.39, 0.29) is 17.3 Å². The van der Waals surface area contributed by atoms with Gasteiger partial charge in [0.25, 0.3) is 5.56 Å². The Morgan fingerprint density at radius 3 is 2.69 bits per heavy atom. The Labute approximate surface area is 148 Å². The first kappa shape index (κ1) is 14.9. The van der Waals surface area contributed by atoms with Crippen molar-refractivity contribution >= 4 is 16.8 Å². The number of hydrogen-bond donors (Lipinski definition) is 1. The van der Waals surface area contributed by atoms with Crippen LogP contribution in [0.5, 0.6) is 0 Å². The highest BCUT2D eigenvalue weighted by molar-refractivity contribution is 6.01. The van der Waals surface area contributed by atoms with E-state index in [1.807, 2.05) is 42.5 Å². The second kappa shape index (κ2) is 5.56. The average molecular weight is 345 g/mol. The molecule has 6 nitrogen and oxygen atoms in total. The molecule has 1 atom stereocenters. The number of ketones is 1. The third kappa shape index (κ3) is 2.23. The van der Waals surface area contributed by atoms with Crippen LogP contribution >= 0.6 is 0 Å². The largest absolute Gasteiger partial charge is 0.469 e. The van der Waals surface area contributed by atoms with Crippen molar-refractivity contribution in [2.45, 2.75) is 18.8 Å². The number of furan rings is 1. The van der Waals surface area contributed by atoms with Crippen molar-refractivity contribution in [3.05, 3.63) is 82.2 Å². The van der Waals surface area contributed by atoms with Gasteiger partial charge < -0.3 is 4.42 Å². The number of rotatable bonds is 2. The number of benzene rings is 1. The van der Waals surface area contributed by atoms with Gasteiger partial charge in [-0.2, -0.15) is 0 Å². The van der Waals surface area contributed by atoms with Crippen LogP contribution in [0.15, 0.2) is 64.0 Å². The van der Waals surface area contributed by atoms with Crippen molar-refractivity contribution in [2.24, 2.45) is 0 Å². The molecule has 4 aromatic rings. The van der Waals surface area contributed by atoms with Gasteiger partial charge in [-0.05, 0) is 30.3 Å². The first-order chi connectivity index (χ1) is 12.7. The van der Waals surface area contributed by atoms with Crippen LogP contribution in [0, 0.1) is 0 Å². The van der Waals surface area contributed by atoms with E-state index >= 15 is 0 Å². The monoisotopic (exact) mass is 345 g/mol. The number of fused-ring (bicyclic) bond motifs is 2. The molecule has 0 amide bonds. The number of nitrogens with zero attached hydrogens (tertiary/aromatic N) is 2. The Bertz CT molecular complexity index is 1170. The van der Waals surface area contributed by atoms with E-state index in [9.17, 15) is 9.59 Å². The van der Waals surface area contributed by atoms with Gasteiger partial charge in [0.15, 0.2) is 11.4 Å². The van der Waals surface area contributed by atoms with E-state index in [4.69, 9.17) is 4.42 Å². The van der Waals surface area contributed by atoms with Gasteiger partial charge in [-0.25, -0.2) is 9.67 Å². The number of aromatic amines is 1. The molecule has 0 saturated heterocycles. The fraction of sp³-hybridized carbons (Fsp3) is 0.150. The molecule has 0 aliphatic heterocycles. The predicted molar refractivity (Wildman–Crippen MR) is 95.8 cm³/mol. The predicted octanol–water partition coefficient (Wildman–Crippen LogP) is 3.22. The summed E-state index contributed by atoms with van der Waals surface area (Å²) >= 11 is 0. The molecule has 0 radical (unpaired) electrons. The minimum absolute atomic E-state index is 0.00564. The Kier molecular flexibility index (Phi) is 3.18. The highest BCUT2D eigenvalue weighted by atomic mass is 16.3. The van der Waals surface area contributed by atoms with Gasteiger partial charge >= 0.3 is 0 Å². The molecule has 1 aliphatic carbocycles. The number of Topliss-reactive ketones (excluding diaryl/α,β-unsaturated/α-hetero) is 1. The second-order valence-electron chi connectivity index (χ2n) is 6.51. The molecule has 128 valence electrons. The third-order valence-corrected chi connectivity index (χ3v) is 4.88. The van der Waals surface area contributed by atoms with Crippen molar-refractivity contribution < 1.29 is 9.21 Å². The molecule has 5 rings (SSSR count). The smallest absolute Gasteiger partial charge is 0.280 e. The second-order valence-corrected chi connectivity index (χ2v) is 6.51. The van der Waals surface area contributed by atoms with Gasteiger partial charge in [0.1, 0.15) is 5.76 Å². The quantitative estimate of drug-likeness (QED) is 0.605. The van der Waals surface area contributed by atoms with Crippen LogP contribution in [0.4, 0.5) is 0 Å². The maximum absolute atomic E-state index is 12.7. The summed E-state index contributed by atoms with van der Waals surface area (Å²) in [6, 6.07) is 14.7. The summed E-state index contributed by atoms with van der Waals surface area (Å²) in [4.78, 5) is 30.0. The lowest BCUT2D eigenvalue weighted by Gasteiger charge is -2.21. The van der Waals surface area contributed by atoms with Crippen molar-refractivity contribution in [1.29, 1.82) is 0 Å². The van der Waals surface area contributed by atoms with Gasteiger partial charge in [0.05, 0.1) is 23.0 Å². The number of carbonyl (C=O) groups is 1. The minimum atomic E-state index is -0.206. The summed E-state index contributed by atoms with van der Waals surface area (Å²) in [7, 11) is 0. The van der Waals surface area contributed by atoms with Crippen LogP contribution in [0.1, 0.15) is 34.2 Å². The van der Waals surface area contributed by atoms with Gasteiger partial charge in [-0.3, -0.25) is 14.7 Å². The summed E-state index contributed by atoms with van der Waals surface area (Å²) in [5, 5.41) is 3.48. The van der Waals surface area contributed by atoms with Crippen molar-refractivity contribution in [3.63, 3.8) is 0 Å². The van der Waals surface area contributed by atoms with E-state index in [2.05, 4.69) is 10.1 Å². The zero-order chi connectivity index (χ0) is 17.7. The van der Waals surface area contributed by atoms with Crippen LogP contribution in [0.25, 0.3) is 16.7 Å². The topological polar surface area (TPSA) is 80.9 Å². The Balaban J connectivity index is 1.65. The number of carbonyl (C=O) groups excluding carboxylic acids is 1. The normalized spacial score (nSPS) is 16.8. The van der Waals surface area contributed by atoms with Gasteiger partial charge in [-0.1, -0.05) is 18.2 Å². The lowest BCUT2D eigenvalue weighted by Crippen LogP contribution is -2.20. The molecule has 1 N–H and O–H groups in total. The fourth-order valence-corrected chi connectivity index (χ4v) is 3.60. The van der Waals surface area contributed by atoms with Crippen molar-refractivity contribution in [1.82, 2.24) is 14.8 Å². The molecule has 6 heteroatoms. The standard InChI is InChI=1S/C20H15N3O3/c24-17-10-12(18-7-4-8-26-18)9-16-14(17)11-15-19(21-16)22-23(20(15)25)13-5-2-1-3-6-13/h1-8,11-12H,9-10H2,(H,21,22). The lowest BCUT2D eigenvalue weighted by atomic mass is 9.84. The molecule has 0 saturated carbocycles. The SMILES string of the molecule is O=C1CC(c2ccco2)Cc2nc3[nH]n(-c4ccccc4)c(=O)c3cc21. The van der Waals surface area contributed by atoms with Gasteiger partial charge in [0, 0.05) is 24.3 Å². The summed E-state index contributed by atoms with van der Waals surface area (Å²) in [6.45, 7) is 0. The molecule has 1 aliphatic rings. The summed E-state index contributed by atoms with van der Waals surface area (Å²) in [5.41, 5.74) is 2.26. The highest BCUT2D eigenvalue weighted by Crippen LogP contribution is 2.33. The van der Waals surface area contributed by atoms with Gasteiger partial charge in [0.2, 0.25) is 0 Å². The maximum Gasteiger partial charge on any atom is 0.280 e. The average Bonchev–Trinajstić information content (AvgIpc) is 3.30. The van der Waals surface area contributed by atoms with Crippen LogP contribution < -0.4 is 5.56 Å². The molecular weight excluding hydrogens is 330 g/mol. The molecule has 1 unspecified atom stereocenters. The fourth-order valence-electron chi connectivity index (χ4n) is 3.60. The van der Waals surface area contributed by atoms with Crippen LogP contribution in [0.2, 0.25) is 0 Å². The number of pyridine rings is 1. The molecule has 3 aromatic heterocycles. The van der Waals surface area contributed by atoms with E-state index in [0.717, 1.165) is 11.4 Å². The minimum Gasteiger partial charge on any atom is -0.469 e. The van der Waals surface area contributed by atoms with Crippen molar-refractivity contribution in [3.8, 4) is 5.69 Å².